The molecule has 2 aliphatic rings. The Kier molecular flexibility index (Phi) is 5.77. The van der Waals surface area contributed by atoms with Gasteiger partial charge in [0.05, 0.1) is 39.4 Å². The highest BCUT2D eigenvalue weighted by Crippen LogP contribution is 2.32. The van der Waals surface area contributed by atoms with E-state index in [1.165, 1.54) is 10.6 Å². The maximum absolute atomic E-state index is 10.3. The van der Waals surface area contributed by atoms with Gasteiger partial charge in [-0.1, -0.05) is 24.3 Å². The van der Waals surface area contributed by atoms with Crippen LogP contribution in [0.1, 0.15) is 5.56 Å². The lowest BCUT2D eigenvalue weighted by molar-refractivity contribution is -0.903. The molecule has 1 saturated heterocycles. The van der Waals surface area contributed by atoms with E-state index in [0.717, 1.165) is 49.8 Å². The summed E-state index contributed by atoms with van der Waals surface area (Å²) in [4.78, 5) is 3.84. The van der Waals surface area contributed by atoms with Gasteiger partial charge in [-0.3, -0.25) is 0 Å². The minimum absolute atomic E-state index is 0.276. The molecule has 4 rings (SSSR count). The van der Waals surface area contributed by atoms with Crippen molar-refractivity contribution in [3.63, 3.8) is 0 Å². The average molecular weight is 371 g/mol. The van der Waals surface area contributed by atoms with E-state index in [-0.39, 0.29) is 6.79 Å². The zero-order valence-electron chi connectivity index (χ0n) is 15.5. The van der Waals surface area contributed by atoms with Crippen LogP contribution in [0.15, 0.2) is 48.5 Å². The molecule has 0 unspecified atom stereocenters. The molecular weight excluding hydrogens is 344 g/mol. The fraction of sp³-hybridized carbons (Fsp3) is 0.429. The number of aliphatic hydroxyl groups excluding tert-OH is 1. The molecule has 1 atom stereocenters. The van der Waals surface area contributed by atoms with Crippen molar-refractivity contribution < 1.29 is 24.2 Å². The van der Waals surface area contributed by atoms with Crippen molar-refractivity contribution in [2.45, 2.75) is 12.7 Å². The van der Waals surface area contributed by atoms with E-state index in [9.17, 15) is 5.11 Å². The van der Waals surface area contributed by atoms with Crippen LogP contribution in [0.5, 0.6) is 11.5 Å². The molecule has 27 heavy (non-hydrogen) atoms. The Bertz CT molecular complexity index is 732. The number of anilines is 1. The van der Waals surface area contributed by atoms with Crippen molar-refractivity contribution in [2.75, 3.05) is 51.0 Å². The molecule has 0 radical (unpaired) electrons. The van der Waals surface area contributed by atoms with Crippen LogP contribution < -0.4 is 19.3 Å². The van der Waals surface area contributed by atoms with Crippen LogP contribution in [0, 0.1) is 0 Å². The van der Waals surface area contributed by atoms with E-state index in [4.69, 9.17) is 14.2 Å². The number of para-hydroxylation sites is 1. The van der Waals surface area contributed by atoms with Gasteiger partial charge in [-0.25, -0.2) is 0 Å². The summed E-state index contributed by atoms with van der Waals surface area (Å²) in [6, 6.07) is 16.3. The summed E-state index contributed by atoms with van der Waals surface area (Å²) in [5.41, 5.74) is 2.31. The predicted octanol–water partition coefficient (Wildman–Crippen LogP) is 0.698. The quantitative estimate of drug-likeness (QED) is 0.750. The number of nitrogens with one attached hydrogen (secondary N) is 1. The van der Waals surface area contributed by atoms with Gasteiger partial charge in [0.15, 0.2) is 11.5 Å². The number of fused-ring (bicyclic) bond motifs is 1. The SMILES string of the molecule is O[C@@H](COCc1ccc2c(c1)OCO2)C[NH+]1CCN(c2ccccc2)CC1. The summed E-state index contributed by atoms with van der Waals surface area (Å²) in [6.45, 7) is 5.92. The Hall–Kier alpha value is -2.28. The Morgan fingerprint density at radius 2 is 1.81 bits per heavy atom. The number of aliphatic hydroxyl groups is 1. The number of piperazine rings is 1. The Balaban J connectivity index is 1.16. The summed E-state index contributed by atoms with van der Waals surface area (Å²) in [5.74, 6) is 1.54. The smallest absolute Gasteiger partial charge is 0.231 e. The number of hydrogen-bond acceptors (Lipinski definition) is 5. The van der Waals surface area contributed by atoms with Gasteiger partial charge in [0.25, 0.3) is 0 Å². The minimum atomic E-state index is -0.447. The highest BCUT2D eigenvalue weighted by Gasteiger charge is 2.22. The number of hydrogen-bond donors (Lipinski definition) is 2. The van der Waals surface area contributed by atoms with Gasteiger partial charge in [0, 0.05) is 5.69 Å². The van der Waals surface area contributed by atoms with E-state index in [1.54, 1.807) is 0 Å². The molecule has 2 aromatic carbocycles. The van der Waals surface area contributed by atoms with Crippen LogP contribution in [-0.2, 0) is 11.3 Å². The first-order valence-electron chi connectivity index (χ1n) is 9.56. The van der Waals surface area contributed by atoms with Crippen LogP contribution in [0.25, 0.3) is 0 Å². The lowest BCUT2D eigenvalue weighted by atomic mass is 10.2. The van der Waals surface area contributed by atoms with Gasteiger partial charge < -0.3 is 29.1 Å². The van der Waals surface area contributed by atoms with E-state index in [0.29, 0.717) is 13.2 Å². The van der Waals surface area contributed by atoms with Crippen LogP contribution in [0.2, 0.25) is 0 Å². The Labute approximate surface area is 159 Å². The monoisotopic (exact) mass is 371 g/mol. The normalized spacial score (nSPS) is 17.9. The number of rotatable bonds is 7. The third kappa shape index (κ3) is 4.71. The molecule has 6 nitrogen and oxygen atoms in total. The van der Waals surface area contributed by atoms with Crippen LogP contribution >= 0.6 is 0 Å². The number of nitrogens with zero attached hydrogens (tertiary/aromatic N) is 1. The zero-order valence-corrected chi connectivity index (χ0v) is 15.5. The van der Waals surface area contributed by atoms with E-state index < -0.39 is 6.10 Å². The van der Waals surface area contributed by atoms with Crippen LogP contribution in [0.3, 0.4) is 0 Å². The second-order valence-electron chi connectivity index (χ2n) is 7.13. The minimum Gasteiger partial charge on any atom is -0.454 e. The molecule has 0 amide bonds. The summed E-state index contributed by atoms with van der Waals surface area (Å²) < 4.78 is 16.4. The maximum Gasteiger partial charge on any atom is 0.231 e. The van der Waals surface area contributed by atoms with E-state index >= 15 is 0 Å². The van der Waals surface area contributed by atoms with Gasteiger partial charge >= 0.3 is 0 Å². The lowest BCUT2D eigenvalue weighted by Gasteiger charge is -2.34. The molecule has 0 saturated carbocycles. The van der Waals surface area contributed by atoms with Crippen LogP contribution in [0.4, 0.5) is 5.69 Å². The fourth-order valence-electron chi connectivity index (χ4n) is 3.66. The Morgan fingerprint density at radius 3 is 2.63 bits per heavy atom. The number of quaternary nitrogens is 1. The average Bonchev–Trinajstić information content (AvgIpc) is 3.17. The zero-order chi connectivity index (χ0) is 18.5. The molecule has 0 bridgehead atoms. The molecule has 0 aromatic heterocycles. The van der Waals surface area contributed by atoms with Crippen molar-refractivity contribution in [3.05, 3.63) is 54.1 Å². The fourth-order valence-corrected chi connectivity index (χ4v) is 3.66. The van der Waals surface area contributed by atoms with Crippen molar-refractivity contribution in [2.24, 2.45) is 0 Å². The number of benzene rings is 2. The molecule has 144 valence electrons. The van der Waals surface area contributed by atoms with Crippen molar-refractivity contribution in [1.82, 2.24) is 0 Å². The largest absolute Gasteiger partial charge is 0.454 e. The summed E-state index contributed by atoms with van der Waals surface area (Å²) in [6.07, 6.45) is -0.447. The highest BCUT2D eigenvalue weighted by molar-refractivity contribution is 5.46. The molecule has 0 aliphatic carbocycles. The molecule has 2 aliphatic heterocycles. The number of ether oxygens (including phenoxy) is 3. The maximum atomic E-state index is 10.3. The van der Waals surface area contributed by atoms with E-state index in [1.807, 2.05) is 24.3 Å². The van der Waals surface area contributed by atoms with Crippen molar-refractivity contribution in [3.8, 4) is 11.5 Å². The first kappa shape index (κ1) is 18.1. The summed E-state index contributed by atoms with van der Waals surface area (Å²) >= 11 is 0. The summed E-state index contributed by atoms with van der Waals surface area (Å²) in [7, 11) is 0. The molecule has 2 aromatic rings. The topological polar surface area (TPSA) is 55.6 Å². The Morgan fingerprint density at radius 1 is 1.04 bits per heavy atom. The second kappa shape index (κ2) is 8.61. The first-order valence-corrected chi connectivity index (χ1v) is 9.56. The van der Waals surface area contributed by atoms with Gasteiger partial charge in [-0.15, -0.1) is 0 Å². The molecule has 2 N–H and O–H groups in total. The highest BCUT2D eigenvalue weighted by atomic mass is 16.7. The van der Waals surface area contributed by atoms with Gasteiger partial charge in [-0.05, 0) is 29.8 Å². The molecule has 0 spiro atoms. The van der Waals surface area contributed by atoms with Gasteiger partial charge in [-0.2, -0.15) is 0 Å². The third-order valence-corrected chi connectivity index (χ3v) is 5.13. The summed E-state index contributed by atoms with van der Waals surface area (Å²) in [5, 5.41) is 10.3. The molecule has 1 fully saturated rings. The standard InChI is InChI=1S/C21H26N2O4/c24-19(15-25-14-17-6-7-20-21(12-17)27-16-26-20)13-22-8-10-23(11-9-22)18-4-2-1-3-5-18/h1-7,12,19,24H,8-11,13-16H2/p+1/t19-/m1/s1. The first-order chi connectivity index (χ1) is 13.3. The second-order valence-corrected chi connectivity index (χ2v) is 7.13. The van der Waals surface area contributed by atoms with Crippen molar-refractivity contribution >= 4 is 5.69 Å². The van der Waals surface area contributed by atoms with Gasteiger partial charge in [0.2, 0.25) is 6.79 Å². The molecule has 2 heterocycles. The lowest BCUT2D eigenvalue weighted by Crippen LogP contribution is -3.16. The third-order valence-electron chi connectivity index (χ3n) is 5.13. The van der Waals surface area contributed by atoms with Crippen molar-refractivity contribution in [1.29, 1.82) is 0 Å². The van der Waals surface area contributed by atoms with E-state index in [2.05, 4.69) is 29.2 Å². The molecular formula is C21H27N2O4+. The van der Waals surface area contributed by atoms with Gasteiger partial charge in [0.1, 0.15) is 12.6 Å². The predicted molar refractivity (Wildman–Crippen MR) is 102 cm³/mol. The van der Waals surface area contributed by atoms with Crippen LogP contribution in [-0.4, -0.2) is 57.3 Å². The molecule has 6 heteroatoms.